The van der Waals surface area contributed by atoms with E-state index in [0.717, 1.165) is 38.5 Å². The van der Waals surface area contributed by atoms with Gasteiger partial charge >= 0.3 is 0 Å². The van der Waals surface area contributed by atoms with Gasteiger partial charge in [-0.05, 0) is 19.3 Å². The molecule has 332 valence electrons. The smallest absolute Gasteiger partial charge is 0.220 e. The number of carbonyl (C=O) groups is 1. The van der Waals surface area contributed by atoms with Crippen LogP contribution < -0.4 is 5.32 Å². The quantitative estimate of drug-likeness (QED) is 0.0265. The van der Waals surface area contributed by atoms with Gasteiger partial charge in [0.05, 0.1) is 25.4 Å². The van der Waals surface area contributed by atoms with Crippen molar-refractivity contribution in [1.29, 1.82) is 0 Å². The van der Waals surface area contributed by atoms with Crippen LogP contribution in [0.1, 0.15) is 226 Å². The maximum atomic E-state index is 12.8. The van der Waals surface area contributed by atoms with E-state index in [4.69, 9.17) is 9.47 Å². The molecule has 0 aliphatic carbocycles. The molecule has 1 amide bonds. The predicted molar refractivity (Wildman–Crippen MR) is 231 cm³/mol. The lowest BCUT2D eigenvalue weighted by atomic mass is 9.99. The summed E-state index contributed by atoms with van der Waals surface area (Å²) in [6, 6.07) is -0.797. The minimum atomic E-state index is -1.56. The van der Waals surface area contributed by atoms with Crippen molar-refractivity contribution in [2.24, 2.45) is 0 Å². The monoisotopic (exact) mass is 798 g/mol. The lowest BCUT2D eigenvalue weighted by Crippen LogP contribution is -2.60. The molecule has 0 aromatic carbocycles. The maximum Gasteiger partial charge on any atom is 0.220 e. The van der Waals surface area contributed by atoms with E-state index in [-0.39, 0.29) is 12.5 Å². The molecule has 7 unspecified atom stereocenters. The number of allylic oxidation sites excluding steroid dienone is 1. The molecule has 7 atom stereocenters. The number of amides is 1. The Balaban J connectivity index is 2.21. The van der Waals surface area contributed by atoms with E-state index in [1.807, 2.05) is 6.08 Å². The molecular formula is C47H91NO8. The zero-order valence-corrected chi connectivity index (χ0v) is 36.4. The van der Waals surface area contributed by atoms with E-state index in [2.05, 4.69) is 19.2 Å². The highest BCUT2D eigenvalue weighted by Crippen LogP contribution is 2.23. The van der Waals surface area contributed by atoms with Gasteiger partial charge in [0.25, 0.3) is 0 Å². The highest BCUT2D eigenvalue weighted by atomic mass is 16.7. The van der Waals surface area contributed by atoms with E-state index >= 15 is 0 Å². The zero-order valence-electron chi connectivity index (χ0n) is 36.4. The second-order valence-corrected chi connectivity index (χ2v) is 16.9. The van der Waals surface area contributed by atoms with Crippen molar-refractivity contribution >= 4 is 5.91 Å². The number of rotatable bonds is 40. The van der Waals surface area contributed by atoms with Crippen LogP contribution in [0.3, 0.4) is 0 Å². The summed E-state index contributed by atoms with van der Waals surface area (Å²) in [6.45, 7) is 3.75. The third kappa shape index (κ3) is 28.4. The molecule has 0 saturated carbocycles. The van der Waals surface area contributed by atoms with Gasteiger partial charge in [-0.15, -0.1) is 0 Å². The van der Waals surface area contributed by atoms with Crippen LogP contribution in [0.2, 0.25) is 0 Å². The third-order valence-electron chi connectivity index (χ3n) is 11.6. The van der Waals surface area contributed by atoms with E-state index in [1.54, 1.807) is 6.08 Å². The first-order valence-corrected chi connectivity index (χ1v) is 23.9. The Morgan fingerprint density at radius 3 is 1.39 bits per heavy atom. The first-order chi connectivity index (χ1) is 27.3. The van der Waals surface area contributed by atoms with Gasteiger partial charge in [-0.25, -0.2) is 0 Å². The van der Waals surface area contributed by atoms with Gasteiger partial charge in [0.15, 0.2) is 6.29 Å². The molecule has 1 aliphatic heterocycles. The summed E-state index contributed by atoms with van der Waals surface area (Å²) in [4.78, 5) is 12.8. The lowest BCUT2D eigenvalue weighted by Gasteiger charge is -2.40. The van der Waals surface area contributed by atoms with Gasteiger partial charge < -0.3 is 40.3 Å². The maximum absolute atomic E-state index is 12.8. The third-order valence-corrected chi connectivity index (χ3v) is 11.6. The van der Waals surface area contributed by atoms with Crippen molar-refractivity contribution < 1.29 is 39.8 Å². The number of carbonyl (C=O) groups excluding carboxylic acids is 1. The largest absolute Gasteiger partial charge is 0.394 e. The summed E-state index contributed by atoms with van der Waals surface area (Å²) in [6.07, 6.45) is 37.2. The second-order valence-electron chi connectivity index (χ2n) is 16.9. The molecule has 1 aliphatic rings. The zero-order chi connectivity index (χ0) is 40.9. The summed E-state index contributed by atoms with van der Waals surface area (Å²) < 4.78 is 11.2. The standard InChI is InChI=1S/C47H91NO8/c1-3-5-7-9-11-13-14-15-16-17-18-19-20-21-22-23-24-25-26-27-28-29-30-32-34-36-41(50)40(48-43(51)37-35-33-31-12-10-8-6-4-2)39-55-47-46(54)45(53)44(52)42(38-49)56-47/h34,36,40-42,44-47,49-50,52-54H,3-33,35,37-39H2,1-2H3,(H,48,51)/b36-34+. The summed E-state index contributed by atoms with van der Waals surface area (Å²) in [5.41, 5.74) is 0. The summed E-state index contributed by atoms with van der Waals surface area (Å²) in [5.74, 6) is -0.180. The van der Waals surface area contributed by atoms with Crippen molar-refractivity contribution in [2.75, 3.05) is 13.2 Å². The lowest BCUT2D eigenvalue weighted by molar-refractivity contribution is -0.302. The first-order valence-electron chi connectivity index (χ1n) is 23.9. The molecule has 56 heavy (non-hydrogen) atoms. The topological polar surface area (TPSA) is 149 Å². The Bertz CT molecular complexity index is 888. The molecule has 0 bridgehead atoms. The molecule has 1 fully saturated rings. The van der Waals surface area contributed by atoms with E-state index in [9.17, 15) is 30.3 Å². The van der Waals surface area contributed by atoms with Gasteiger partial charge in [0, 0.05) is 6.42 Å². The normalized spacial score (nSPS) is 21.2. The fourth-order valence-corrected chi connectivity index (χ4v) is 7.75. The van der Waals surface area contributed by atoms with Crippen LogP contribution in [-0.2, 0) is 14.3 Å². The molecule has 0 spiro atoms. The fraction of sp³-hybridized carbons (Fsp3) is 0.936. The average molecular weight is 798 g/mol. The van der Waals surface area contributed by atoms with Crippen molar-refractivity contribution in [3.63, 3.8) is 0 Å². The number of hydrogen-bond donors (Lipinski definition) is 6. The second kappa shape index (κ2) is 38.2. The Morgan fingerprint density at radius 2 is 0.982 bits per heavy atom. The van der Waals surface area contributed by atoms with Crippen LogP contribution in [0, 0.1) is 0 Å². The van der Waals surface area contributed by atoms with Crippen LogP contribution in [0.4, 0.5) is 0 Å². The highest BCUT2D eigenvalue weighted by Gasteiger charge is 2.44. The summed E-state index contributed by atoms with van der Waals surface area (Å²) in [7, 11) is 0. The minimum absolute atomic E-state index is 0.180. The van der Waals surface area contributed by atoms with Crippen molar-refractivity contribution in [3.8, 4) is 0 Å². The predicted octanol–water partition coefficient (Wildman–Crippen LogP) is 10.1. The molecule has 0 radical (unpaired) electrons. The van der Waals surface area contributed by atoms with E-state index < -0.39 is 49.5 Å². The minimum Gasteiger partial charge on any atom is -0.394 e. The van der Waals surface area contributed by atoms with Crippen LogP contribution >= 0.6 is 0 Å². The number of aliphatic hydroxyl groups is 5. The van der Waals surface area contributed by atoms with Crippen LogP contribution in [-0.4, -0.2) is 87.5 Å². The fourth-order valence-electron chi connectivity index (χ4n) is 7.75. The Labute approximate surface area is 344 Å². The SMILES string of the molecule is CCCCCCCCCCCCCCCCCCCCCCCCC/C=C/C(O)C(COC1OC(CO)C(O)C(O)C1O)NC(=O)CCCCCCCCCC. The van der Waals surface area contributed by atoms with Crippen molar-refractivity contribution in [1.82, 2.24) is 5.32 Å². The Hall–Kier alpha value is -1.07. The molecular weight excluding hydrogens is 707 g/mol. The number of ether oxygens (including phenoxy) is 2. The molecule has 0 aromatic heterocycles. The van der Waals surface area contributed by atoms with Gasteiger partial charge in [-0.2, -0.15) is 0 Å². The van der Waals surface area contributed by atoms with E-state index in [1.165, 1.54) is 167 Å². The molecule has 9 heteroatoms. The number of aliphatic hydroxyl groups excluding tert-OH is 5. The molecule has 1 heterocycles. The molecule has 1 rings (SSSR count). The molecule has 6 N–H and O–H groups in total. The number of hydrogen-bond acceptors (Lipinski definition) is 8. The number of unbranched alkanes of at least 4 members (excludes halogenated alkanes) is 30. The molecule has 9 nitrogen and oxygen atoms in total. The van der Waals surface area contributed by atoms with Gasteiger partial charge in [0.2, 0.25) is 5.91 Å². The van der Waals surface area contributed by atoms with Gasteiger partial charge in [-0.3, -0.25) is 4.79 Å². The van der Waals surface area contributed by atoms with Gasteiger partial charge in [0.1, 0.15) is 24.4 Å². The number of nitrogens with one attached hydrogen (secondary N) is 1. The summed E-state index contributed by atoms with van der Waals surface area (Å²) in [5, 5.41) is 54.0. The average Bonchev–Trinajstić information content (AvgIpc) is 3.20. The van der Waals surface area contributed by atoms with Crippen LogP contribution in [0.25, 0.3) is 0 Å². The van der Waals surface area contributed by atoms with Crippen LogP contribution in [0.5, 0.6) is 0 Å². The van der Waals surface area contributed by atoms with Gasteiger partial charge in [-0.1, -0.05) is 212 Å². The Kier molecular flexibility index (Phi) is 36.1. The molecule has 1 saturated heterocycles. The van der Waals surface area contributed by atoms with Crippen molar-refractivity contribution in [2.45, 2.75) is 269 Å². The van der Waals surface area contributed by atoms with E-state index in [0.29, 0.717) is 6.42 Å². The first kappa shape index (κ1) is 52.9. The van der Waals surface area contributed by atoms with Crippen molar-refractivity contribution in [3.05, 3.63) is 12.2 Å². The highest BCUT2D eigenvalue weighted by molar-refractivity contribution is 5.76. The van der Waals surface area contributed by atoms with Crippen LogP contribution in [0.15, 0.2) is 12.2 Å². The molecule has 0 aromatic rings. The Morgan fingerprint density at radius 1 is 0.589 bits per heavy atom. The summed E-state index contributed by atoms with van der Waals surface area (Å²) >= 11 is 0.